The molecule has 2 aromatic carbocycles. The van der Waals surface area contributed by atoms with Gasteiger partial charge in [0.1, 0.15) is 0 Å². The molecule has 4 heteroatoms. The lowest BCUT2D eigenvalue weighted by atomic mass is 9.89. The maximum Gasteiger partial charge on any atom is 0.251 e. The number of carbonyl (C=O) groups excluding carboxylic acids is 2. The third-order valence-corrected chi connectivity index (χ3v) is 5.03. The second kappa shape index (κ2) is 8.17. The zero-order valence-corrected chi connectivity index (χ0v) is 15.4. The summed E-state index contributed by atoms with van der Waals surface area (Å²) in [6.07, 6.45) is 3.90. The Morgan fingerprint density at radius 2 is 1.04 bits per heavy atom. The number of rotatable bonds is 4. The van der Waals surface area contributed by atoms with Crippen molar-refractivity contribution in [1.82, 2.24) is 10.6 Å². The van der Waals surface area contributed by atoms with E-state index in [1.54, 1.807) is 0 Å². The van der Waals surface area contributed by atoms with Crippen molar-refractivity contribution in [3.05, 3.63) is 70.8 Å². The minimum atomic E-state index is -0.0773. The van der Waals surface area contributed by atoms with Gasteiger partial charge in [-0.3, -0.25) is 9.59 Å². The smallest absolute Gasteiger partial charge is 0.251 e. The molecule has 1 fully saturated rings. The lowest BCUT2D eigenvalue weighted by Gasteiger charge is -2.33. The average Bonchev–Trinajstić information content (AvgIpc) is 2.64. The molecule has 0 radical (unpaired) electrons. The molecule has 1 aliphatic carbocycles. The van der Waals surface area contributed by atoms with Crippen LogP contribution in [-0.4, -0.2) is 23.9 Å². The number of nitrogens with one attached hydrogen (secondary N) is 2. The highest BCUT2D eigenvalue weighted by atomic mass is 16.2. The van der Waals surface area contributed by atoms with E-state index in [2.05, 4.69) is 10.6 Å². The van der Waals surface area contributed by atoms with Crippen LogP contribution in [0, 0.1) is 13.8 Å². The fourth-order valence-electron chi connectivity index (χ4n) is 3.39. The molecule has 0 heterocycles. The van der Waals surface area contributed by atoms with Crippen LogP contribution in [0.5, 0.6) is 0 Å². The Morgan fingerprint density at radius 1 is 0.692 bits per heavy atom. The van der Waals surface area contributed by atoms with Crippen molar-refractivity contribution in [3.8, 4) is 0 Å². The number of hydrogen-bond acceptors (Lipinski definition) is 2. The van der Waals surface area contributed by atoms with Crippen LogP contribution in [0.2, 0.25) is 0 Å². The molecule has 0 aromatic heterocycles. The van der Waals surface area contributed by atoms with Crippen molar-refractivity contribution >= 4 is 11.8 Å². The molecule has 0 aliphatic heterocycles. The molecule has 1 aliphatic rings. The summed E-state index contributed by atoms with van der Waals surface area (Å²) in [5.74, 6) is -0.155. The molecule has 0 saturated heterocycles. The van der Waals surface area contributed by atoms with Gasteiger partial charge in [0.2, 0.25) is 0 Å². The normalized spacial score (nSPS) is 19.6. The summed E-state index contributed by atoms with van der Waals surface area (Å²) in [5.41, 5.74) is 3.57. The van der Waals surface area contributed by atoms with Crippen molar-refractivity contribution < 1.29 is 9.59 Å². The highest BCUT2D eigenvalue weighted by Gasteiger charge is 2.28. The third-order valence-electron chi connectivity index (χ3n) is 5.03. The van der Waals surface area contributed by atoms with E-state index in [4.69, 9.17) is 0 Å². The molecule has 0 unspecified atom stereocenters. The quantitative estimate of drug-likeness (QED) is 0.882. The molecule has 4 nitrogen and oxygen atoms in total. The predicted molar refractivity (Wildman–Crippen MR) is 103 cm³/mol. The molecule has 2 atom stereocenters. The number of aryl methyl sites for hydroxylation is 2. The maximum absolute atomic E-state index is 12.5. The molecule has 2 aromatic rings. The number of carbonyl (C=O) groups is 2. The van der Waals surface area contributed by atoms with E-state index in [0.717, 1.165) is 36.8 Å². The Labute approximate surface area is 155 Å². The molecule has 0 spiro atoms. The minimum Gasteiger partial charge on any atom is -0.347 e. The van der Waals surface area contributed by atoms with Crippen LogP contribution in [0.15, 0.2) is 48.5 Å². The van der Waals surface area contributed by atoms with Gasteiger partial charge in [-0.2, -0.15) is 0 Å². The number of hydrogen-bond donors (Lipinski definition) is 2. The summed E-state index contributed by atoms with van der Waals surface area (Å²) < 4.78 is 0. The average molecular weight is 350 g/mol. The summed E-state index contributed by atoms with van der Waals surface area (Å²) >= 11 is 0. The topological polar surface area (TPSA) is 58.2 Å². The number of benzene rings is 2. The van der Waals surface area contributed by atoms with Crippen LogP contribution >= 0.6 is 0 Å². The fourth-order valence-corrected chi connectivity index (χ4v) is 3.39. The molecular weight excluding hydrogens is 324 g/mol. The van der Waals surface area contributed by atoms with Crippen LogP contribution < -0.4 is 10.6 Å². The second-order valence-corrected chi connectivity index (χ2v) is 7.18. The lowest BCUT2D eigenvalue weighted by Crippen LogP contribution is -2.53. The highest BCUT2D eigenvalue weighted by molar-refractivity contribution is 5.95. The SMILES string of the molecule is Cc1ccc(C(=O)N[C@H]2CCCC[C@@H]2NC(=O)c2ccc(C)cc2)cc1. The zero-order valence-electron chi connectivity index (χ0n) is 15.4. The van der Waals surface area contributed by atoms with Crippen LogP contribution in [0.1, 0.15) is 57.5 Å². The van der Waals surface area contributed by atoms with E-state index < -0.39 is 0 Å². The van der Waals surface area contributed by atoms with E-state index in [9.17, 15) is 9.59 Å². The van der Waals surface area contributed by atoms with Gasteiger partial charge in [0, 0.05) is 23.2 Å². The maximum atomic E-state index is 12.5. The Balaban J connectivity index is 1.65. The van der Waals surface area contributed by atoms with Crippen LogP contribution in [-0.2, 0) is 0 Å². The standard InChI is InChI=1S/C22H26N2O2/c1-15-7-11-17(12-8-15)21(25)23-19-5-3-4-6-20(19)24-22(26)18-13-9-16(2)10-14-18/h7-14,19-20H,3-6H2,1-2H3,(H,23,25)(H,24,26)/t19-,20-/m0/s1. The van der Waals surface area contributed by atoms with Gasteiger partial charge in [0.25, 0.3) is 11.8 Å². The Bertz CT molecular complexity index is 698. The lowest BCUT2D eigenvalue weighted by molar-refractivity contribution is 0.0863. The molecule has 26 heavy (non-hydrogen) atoms. The van der Waals surface area contributed by atoms with Crippen LogP contribution in [0.25, 0.3) is 0 Å². The van der Waals surface area contributed by atoms with Gasteiger partial charge in [0.15, 0.2) is 0 Å². The molecule has 3 rings (SSSR count). The minimum absolute atomic E-state index is 0.0352. The van der Waals surface area contributed by atoms with Crippen molar-refractivity contribution in [1.29, 1.82) is 0 Å². The van der Waals surface area contributed by atoms with Gasteiger partial charge in [-0.15, -0.1) is 0 Å². The largest absolute Gasteiger partial charge is 0.347 e. The van der Waals surface area contributed by atoms with Crippen molar-refractivity contribution in [3.63, 3.8) is 0 Å². The predicted octanol–water partition coefficient (Wildman–Crippen LogP) is 3.77. The van der Waals surface area contributed by atoms with Gasteiger partial charge in [0.05, 0.1) is 0 Å². The summed E-state index contributed by atoms with van der Waals surface area (Å²) in [6, 6.07) is 15.0. The molecule has 0 bridgehead atoms. The van der Waals surface area contributed by atoms with Gasteiger partial charge in [-0.1, -0.05) is 48.2 Å². The van der Waals surface area contributed by atoms with E-state index >= 15 is 0 Å². The molecular formula is C22H26N2O2. The van der Waals surface area contributed by atoms with Crippen LogP contribution in [0.4, 0.5) is 0 Å². The first-order valence-corrected chi connectivity index (χ1v) is 9.28. The Morgan fingerprint density at radius 3 is 1.38 bits per heavy atom. The van der Waals surface area contributed by atoms with Crippen LogP contribution in [0.3, 0.4) is 0 Å². The first-order valence-electron chi connectivity index (χ1n) is 9.28. The molecule has 2 amide bonds. The van der Waals surface area contributed by atoms with Crippen molar-refractivity contribution in [2.45, 2.75) is 51.6 Å². The molecule has 136 valence electrons. The van der Waals surface area contributed by atoms with E-state index in [-0.39, 0.29) is 23.9 Å². The Kier molecular flexibility index (Phi) is 5.71. The van der Waals surface area contributed by atoms with Gasteiger partial charge >= 0.3 is 0 Å². The van der Waals surface area contributed by atoms with Gasteiger partial charge in [-0.05, 0) is 51.0 Å². The van der Waals surface area contributed by atoms with Gasteiger partial charge in [-0.25, -0.2) is 0 Å². The summed E-state index contributed by atoms with van der Waals surface area (Å²) in [7, 11) is 0. The zero-order chi connectivity index (χ0) is 18.5. The summed E-state index contributed by atoms with van der Waals surface area (Å²) in [6.45, 7) is 4.00. The molecule has 2 N–H and O–H groups in total. The number of amides is 2. The van der Waals surface area contributed by atoms with E-state index in [1.165, 1.54) is 0 Å². The summed E-state index contributed by atoms with van der Waals surface area (Å²) in [5, 5.41) is 6.23. The van der Waals surface area contributed by atoms with E-state index in [1.807, 2.05) is 62.4 Å². The van der Waals surface area contributed by atoms with Crippen molar-refractivity contribution in [2.24, 2.45) is 0 Å². The third kappa shape index (κ3) is 4.51. The summed E-state index contributed by atoms with van der Waals surface area (Å²) in [4.78, 5) is 25.1. The van der Waals surface area contributed by atoms with Crippen molar-refractivity contribution in [2.75, 3.05) is 0 Å². The van der Waals surface area contributed by atoms with Gasteiger partial charge < -0.3 is 10.6 Å². The highest BCUT2D eigenvalue weighted by Crippen LogP contribution is 2.20. The molecule has 1 saturated carbocycles. The first-order chi connectivity index (χ1) is 12.5. The Hall–Kier alpha value is -2.62. The van der Waals surface area contributed by atoms with E-state index in [0.29, 0.717) is 11.1 Å². The monoisotopic (exact) mass is 350 g/mol. The second-order valence-electron chi connectivity index (χ2n) is 7.18. The first kappa shape index (κ1) is 18.2. The fraction of sp³-hybridized carbons (Fsp3) is 0.364.